The van der Waals surface area contributed by atoms with Crippen LogP contribution in [-0.4, -0.2) is 37.8 Å². The standard InChI is InChI=1S/C8H16N4O2S2/c1-7-6-10-8(15-7)11-16(13,14)12(2)5-3-4-9/h6H,3-5,9H2,1-2H3,(H,10,11). The molecule has 0 atom stereocenters. The fourth-order valence-electron chi connectivity index (χ4n) is 1.02. The molecule has 1 aromatic rings. The van der Waals surface area contributed by atoms with Gasteiger partial charge in [0.15, 0.2) is 5.13 Å². The highest BCUT2D eigenvalue weighted by Crippen LogP contribution is 2.18. The van der Waals surface area contributed by atoms with Gasteiger partial charge in [-0.15, -0.1) is 11.3 Å². The Hall–Kier alpha value is -0.700. The van der Waals surface area contributed by atoms with E-state index >= 15 is 0 Å². The van der Waals surface area contributed by atoms with Crippen molar-refractivity contribution >= 4 is 26.7 Å². The summed E-state index contributed by atoms with van der Waals surface area (Å²) in [5.41, 5.74) is 5.32. The first-order valence-electron chi connectivity index (χ1n) is 4.82. The van der Waals surface area contributed by atoms with Gasteiger partial charge in [-0.05, 0) is 19.9 Å². The lowest BCUT2D eigenvalue weighted by molar-refractivity contribution is 0.468. The zero-order valence-corrected chi connectivity index (χ0v) is 10.9. The highest BCUT2D eigenvalue weighted by molar-refractivity contribution is 7.90. The van der Waals surface area contributed by atoms with E-state index in [0.717, 1.165) is 4.88 Å². The Balaban J connectivity index is 2.64. The fourth-order valence-corrected chi connectivity index (χ4v) is 2.82. The van der Waals surface area contributed by atoms with Crippen LogP contribution in [0.2, 0.25) is 0 Å². The van der Waals surface area contributed by atoms with Crippen molar-refractivity contribution in [3.05, 3.63) is 11.1 Å². The molecule has 0 aromatic carbocycles. The van der Waals surface area contributed by atoms with Crippen LogP contribution in [0.25, 0.3) is 0 Å². The minimum atomic E-state index is -3.50. The van der Waals surface area contributed by atoms with Crippen molar-refractivity contribution in [2.24, 2.45) is 5.73 Å². The maximum atomic E-state index is 11.8. The Morgan fingerprint density at radius 1 is 1.62 bits per heavy atom. The van der Waals surface area contributed by atoms with Crippen LogP contribution in [0.3, 0.4) is 0 Å². The van der Waals surface area contributed by atoms with E-state index in [-0.39, 0.29) is 0 Å². The van der Waals surface area contributed by atoms with E-state index in [2.05, 4.69) is 9.71 Å². The number of nitrogens with one attached hydrogen (secondary N) is 1. The van der Waals surface area contributed by atoms with Crippen molar-refractivity contribution in [1.29, 1.82) is 0 Å². The van der Waals surface area contributed by atoms with E-state index in [4.69, 9.17) is 5.73 Å². The van der Waals surface area contributed by atoms with E-state index < -0.39 is 10.2 Å². The summed E-state index contributed by atoms with van der Waals surface area (Å²) in [6.45, 7) is 2.74. The summed E-state index contributed by atoms with van der Waals surface area (Å²) in [4.78, 5) is 4.90. The zero-order chi connectivity index (χ0) is 12.2. The molecule has 0 saturated carbocycles. The smallest absolute Gasteiger partial charge is 0.303 e. The number of nitrogens with zero attached hydrogens (tertiary/aromatic N) is 2. The minimum Gasteiger partial charge on any atom is -0.330 e. The summed E-state index contributed by atoms with van der Waals surface area (Å²) in [7, 11) is -1.98. The molecular formula is C8H16N4O2S2. The van der Waals surface area contributed by atoms with Gasteiger partial charge in [0.05, 0.1) is 0 Å². The highest BCUT2D eigenvalue weighted by atomic mass is 32.2. The summed E-state index contributed by atoms with van der Waals surface area (Å²) in [5, 5.41) is 0.386. The number of aryl methyl sites for hydroxylation is 1. The van der Waals surface area contributed by atoms with Crippen molar-refractivity contribution in [2.75, 3.05) is 24.9 Å². The summed E-state index contributed by atoms with van der Waals surface area (Å²) in [6.07, 6.45) is 2.26. The molecule has 0 spiro atoms. The molecule has 1 heterocycles. The lowest BCUT2D eigenvalue weighted by Crippen LogP contribution is -2.34. The molecule has 0 saturated heterocycles. The van der Waals surface area contributed by atoms with Crippen molar-refractivity contribution in [3.8, 4) is 0 Å². The van der Waals surface area contributed by atoms with Crippen LogP contribution in [0.15, 0.2) is 6.20 Å². The number of thiazole rings is 1. The van der Waals surface area contributed by atoms with E-state index in [0.29, 0.717) is 24.6 Å². The van der Waals surface area contributed by atoms with Gasteiger partial charge in [-0.1, -0.05) is 0 Å². The molecule has 0 aliphatic rings. The molecule has 0 unspecified atom stereocenters. The van der Waals surface area contributed by atoms with Crippen molar-refractivity contribution in [2.45, 2.75) is 13.3 Å². The van der Waals surface area contributed by atoms with Crippen LogP contribution >= 0.6 is 11.3 Å². The van der Waals surface area contributed by atoms with Gasteiger partial charge in [0.1, 0.15) is 0 Å². The van der Waals surface area contributed by atoms with Gasteiger partial charge >= 0.3 is 10.2 Å². The molecule has 0 amide bonds. The third-order valence-corrected chi connectivity index (χ3v) is 4.34. The van der Waals surface area contributed by atoms with Gasteiger partial charge in [0, 0.05) is 24.7 Å². The van der Waals surface area contributed by atoms with Gasteiger partial charge in [-0.25, -0.2) is 9.71 Å². The normalized spacial score (nSPS) is 12.0. The largest absolute Gasteiger partial charge is 0.330 e. The topological polar surface area (TPSA) is 88.3 Å². The predicted molar refractivity (Wildman–Crippen MR) is 65.7 cm³/mol. The molecule has 0 aliphatic carbocycles. The first kappa shape index (κ1) is 13.4. The van der Waals surface area contributed by atoms with Crippen LogP contribution in [0, 0.1) is 6.92 Å². The van der Waals surface area contributed by atoms with Gasteiger partial charge in [0.2, 0.25) is 0 Å². The summed E-state index contributed by atoms with van der Waals surface area (Å²) >= 11 is 1.30. The van der Waals surface area contributed by atoms with E-state index in [1.165, 1.54) is 22.7 Å². The summed E-state index contributed by atoms with van der Waals surface area (Å²) in [5.74, 6) is 0. The van der Waals surface area contributed by atoms with Gasteiger partial charge < -0.3 is 5.73 Å². The average molecular weight is 264 g/mol. The number of anilines is 1. The molecule has 16 heavy (non-hydrogen) atoms. The molecule has 0 bridgehead atoms. The van der Waals surface area contributed by atoms with Crippen LogP contribution in [0.1, 0.15) is 11.3 Å². The van der Waals surface area contributed by atoms with Crippen molar-refractivity contribution in [1.82, 2.24) is 9.29 Å². The second-order valence-electron chi connectivity index (χ2n) is 3.35. The number of rotatable bonds is 6. The Bertz CT molecular complexity index is 429. The molecule has 1 rings (SSSR count). The lowest BCUT2D eigenvalue weighted by Gasteiger charge is -2.16. The van der Waals surface area contributed by atoms with Gasteiger partial charge in [-0.3, -0.25) is 0 Å². The van der Waals surface area contributed by atoms with Crippen LogP contribution < -0.4 is 10.5 Å². The molecule has 0 radical (unpaired) electrons. The Kier molecular flexibility index (Phi) is 4.66. The van der Waals surface area contributed by atoms with E-state index in [1.54, 1.807) is 6.20 Å². The predicted octanol–water partition coefficient (Wildman–Crippen LogP) is 0.389. The second kappa shape index (κ2) is 5.58. The Labute approximate surface area is 99.7 Å². The maximum Gasteiger partial charge on any atom is 0.303 e. The third-order valence-electron chi connectivity index (χ3n) is 1.93. The molecule has 0 aliphatic heterocycles. The zero-order valence-electron chi connectivity index (χ0n) is 9.30. The fraction of sp³-hybridized carbons (Fsp3) is 0.625. The first-order chi connectivity index (χ1) is 7.45. The lowest BCUT2D eigenvalue weighted by atomic mass is 10.4. The van der Waals surface area contributed by atoms with Crippen molar-refractivity contribution < 1.29 is 8.42 Å². The number of nitrogens with two attached hydrogens (primary N) is 1. The molecule has 92 valence electrons. The minimum absolute atomic E-state index is 0.386. The second-order valence-corrected chi connectivity index (χ2v) is 6.36. The van der Waals surface area contributed by atoms with Crippen molar-refractivity contribution in [3.63, 3.8) is 0 Å². The number of hydrogen-bond donors (Lipinski definition) is 2. The highest BCUT2D eigenvalue weighted by Gasteiger charge is 2.18. The SMILES string of the molecule is Cc1cnc(NS(=O)(=O)N(C)CCCN)s1. The average Bonchev–Trinajstić information content (AvgIpc) is 2.59. The van der Waals surface area contributed by atoms with Crippen LogP contribution in [-0.2, 0) is 10.2 Å². The third kappa shape index (κ3) is 3.71. The van der Waals surface area contributed by atoms with Gasteiger partial charge in [0.25, 0.3) is 0 Å². The first-order valence-corrected chi connectivity index (χ1v) is 7.08. The van der Waals surface area contributed by atoms with Crippen LogP contribution in [0.5, 0.6) is 0 Å². The van der Waals surface area contributed by atoms with E-state index in [9.17, 15) is 8.42 Å². The number of aromatic nitrogens is 1. The summed E-state index contributed by atoms with van der Waals surface area (Å²) in [6, 6.07) is 0. The Morgan fingerprint density at radius 2 is 2.31 bits per heavy atom. The monoisotopic (exact) mass is 264 g/mol. The molecule has 0 fully saturated rings. The molecular weight excluding hydrogens is 248 g/mol. The quantitative estimate of drug-likeness (QED) is 0.778. The molecule has 3 N–H and O–H groups in total. The molecule has 8 heteroatoms. The van der Waals surface area contributed by atoms with Crippen LogP contribution in [0.4, 0.5) is 5.13 Å². The van der Waals surface area contributed by atoms with Gasteiger partial charge in [-0.2, -0.15) is 12.7 Å². The van der Waals surface area contributed by atoms with E-state index in [1.807, 2.05) is 6.92 Å². The number of hydrogen-bond acceptors (Lipinski definition) is 5. The maximum absolute atomic E-state index is 11.8. The summed E-state index contributed by atoms with van der Waals surface area (Å²) < 4.78 is 27.2. The Morgan fingerprint density at radius 3 is 2.81 bits per heavy atom. The molecule has 1 aromatic heterocycles. The molecule has 6 nitrogen and oxygen atoms in total.